The van der Waals surface area contributed by atoms with Gasteiger partial charge in [-0.1, -0.05) is 70.5 Å². The van der Waals surface area contributed by atoms with Crippen molar-refractivity contribution in [2.45, 2.75) is 19.0 Å². The molecule has 11 heteroatoms. The fraction of sp³-hybridized carbons (Fsp3) is 0.259. The fourth-order valence-corrected chi connectivity index (χ4v) is 5.42. The largest absolute Gasteiger partial charge is 0.357 e. The van der Waals surface area contributed by atoms with E-state index in [1.165, 1.54) is 44.2 Å². The summed E-state index contributed by atoms with van der Waals surface area (Å²) in [5.41, 5.74) is 1.28. The maximum atomic E-state index is 14.8. The first kappa shape index (κ1) is 29.3. The molecule has 3 aromatic rings. The van der Waals surface area contributed by atoms with E-state index in [0.717, 1.165) is 30.3 Å². The average molecular weight is 606 g/mol. The van der Waals surface area contributed by atoms with Crippen molar-refractivity contribution in [1.82, 2.24) is 14.5 Å². The van der Waals surface area contributed by atoms with E-state index in [9.17, 15) is 22.4 Å². The van der Waals surface area contributed by atoms with Gasteiger partial charge in [-0.25, -0.2) is 8.70 Å². The quantitative estimate of drug-likeness (QED) is 0.362. The molecule has 0 aromatic heterocycles. The summed E-state index contributed by atoms with van der Waals surface area (Å²) in [5.74, 6) is -1.87. The van der Waals surface area contributed by atoms with Gasteiger partial charge in [-0.15, -0.1) is 0 Å². The Balaban J connectivity index is 2.08. The normalized spacial score (nSPS) is 12.2. The van der Waals surface area contributed by atoms with E-state index in [2.05, 4.69) is 21.2 Å². The Kier molecular flexibility index (Phi) is 10.0. The Morgan fingerprint density at radius 3 is 2.18 bits per heavy atom. The lowest BCUT2D eigenvalue weighted by atomic mass is 10.0. The van der Waals surface area contributed by atoms with Crippen molar-refractivity contribution in [1.29, 1.82) is 0 Å². The molecule has 0 aliphatic carbocycles. The van der Waals surface area contributed by atoms with Gasteiger partial charge in [-0.3, -0.25) is 9.59 Å². The van der Waals surface area contributed by atoms with Gasteiger partial charge >= 0.3 is 10.2 Å². The molecule has 0 saturated heterocycles. The minimum Gasteiger partial charge on any atom is -0.357 e. The summed E-state index contributed by atoms with van der Waals surface area (Å²) in [5, 5.41) is 2.62. The number of nitrogens with one attached hydrogen (secondary N) is 1. The van der Waals surface area contributed by atoms with Crippen LogP contribution in [0, 0.1) is 5.82 Å². The van der Waals surface area contributed by atoms with Crippen LogP contribution in [0.3, 0.4) is 0 Å². The molecule has 0 heterocycles. The topological polar surface area (TPSA) is 90.0 Å². The Labute approximate surface area is 231 Å². The van der Waals surface area contributed by atoms with E-state index in [1.807, 2.05) is 42.5 Å². The molecule has 0 unspecified atom stereocenters. The second-order valence-corrected chi connectivity index (χ2v) is 11.7. The number of carbonyl (C=O) groups excluding carboxylic acids is 2. The summed E-state index contributed by atoms with van der Waals surface area (Å²) in [4.78, 5) is 28.4. The molecule has 1 atom stereocenters. The van der Waals surface area contributed by atoms with Crippen LogP contribution in [0.5, 0.6) is 0 Å². The Morgan fingerprint density at radius 1 is 0.947 bits per heavy atom. The number of carbonyl (C=O) groups is 2. The number of anilines is 1. The van der Waals surface area contributed by atoms with Gasteiger partial charge < -0.3 is 10.2 Å². The number of hydrogen-bond donors (Lipinski definition) is 1. The van der Waals surface area contributed by atoms with Crippen molar-refractivity contribution in [3.63, 3.8) is 0 Å². The van der Waals surface area contributed by atoms with E-state index >= 15 is 0 Å². The second kappa shape index (κ2) is 13.0. The first-order valence-corrected chi connectivity index (χ1v) is 14.0. The predicted molar refractivity (Wildman–Crippen MR) is 149 cm³/mol. The molecular formula is C27H30BrFN4O4S. The number of halogens is 2. The SMILES string of the molecule is CNC(=O)[C@H](Cc1ccccc1)N(Cc1cccc(Br)c1)C(=O)CN(c1ccccc1F)S(=O)(=O)N(C)C. The monoisotopic (exact) mass is 604 g/mol. The zero-order chi connectivity index (χ0) is 27.9. The lowest BCUT2D eigenvalue weighted by Crippen LogP contribution is -2.54. The van der Waals surface area contributed by atoms with Crippen LogP contribution in [-0.2, 0) is 32.8 Å². The molecule has 1 N–H and O–H groups in total. The highest BCUT2D eigenvalue weighted by Crippen LogP contribution is 2.24. The number of rotatable bonds is 11. The average Bonchev–Trinajstić information content (AvgIpc) is 2.89. The standard InChI is InChI=1S/C27H30BrFN4O4S/c1-30-27(35)25(17-20-10-5-4-6-11-20)32(18-21-12-9-13-22(28)16-21)26(34)19-33(38(36,37)31(2)3)24-15-8-7-14-23(24)29/h4-16,25H,17-19H2,1-3H3,(H,30,35)/t25-/m0/s1. The van der Waals surface area contributed by atoms with Gasteiger partial charge in [-0.05, 0) is 35.4 Å². The summed E-state index contributed by atoms with van der Waals surface area (Å²) in [6.45, 7) is -0.686. The first-order chi connectivity index (χ1) is 18.0. The summed E-state index contributed by atoms with van der Waals surface area (Å²) >= 11 is 3.43. The molecule has 0 aliphatic rings. The van der Waals surface area contributed by atoms with Gasteiger partial charge in [0.05, 0.1) is 5.69 Å². The van der Waals surface area contributed by atoms with Gasteiger partial charge in [0.15, 0.2) is 0 Å². The van der Waals surface area contributed by atoms with Crippen LogP contribution < -0.4 is 9.62 Å². The molecule has 3 rings (SSSR count). The van der Waals surface area contributed by atoms with Crippen molar-refractivity contribution in [2.75, 3.05) is 32.0 Å². The van der Waals surface area contributed by atoms with Crippen LogP contribution in [0.15, 0.2) is 83.3 Å². The lowest BCUT2D eigenvalue weighted by molar-refractivity contribution is -0.139. The van der Waals surface area contributed by atoms with Crippen molar-refractivity contribution < 1.29 is 22.4 Å². The third kappa shape index (κ3) is 7.18. The number of hydrogen-bond acceptors (Lipinski definition) is 4. The maximum Gasteiger partial charge on any atom is 0.304 e. The van der Waals surface area contributed by atoms with E-state index in [1.54, 1.807) is 12.1 Å². The fourth-order valence-electron chi connectivity index (χ4n) is 3.91. The summed E-state index contributed by atoms with van der Waals surface area (Å²) in [6.07, 6.45) is 0.195. The third-order valence-electron chi connectivity index (χ3n) is 5.90. The molecule has 8 nitrogen and oxygen atoms in total. The van der Waals surface area contributed by atoms with E-state index in [0.29, 0.717) is 0 Å². The second-order valence-electron chi connectivity index (χ2n) is 8.72. The van der Waals surface area contributed by atoms with Gasteiger partial charge in [0, 0.05) is 38.6 Å². The third-order valence-corrected chi connectivity index (χ3v) is 8.20. The minimum absolute atomic E-state index is 0.0241. The van der Waals surface area contributed by atoms with Gasteiger partial charge in [0.25, 0.3) is 0 Å². The Bertz CT molecular complexity index is 1370. The summed E-state index contributed by atoms with van der Waals surface area (Å²) in [6, 6.07) is 20.8. The predicted octanol–water partition coefficient (Wildman–Crippen LogP) is 3.59. The Morgan fingerprint density at radius 2 is 1.58 bits per heavy atom. The van der Waals surface area contributed by atoms with Crippen molar-refractivity contribution in [3.8, 4) is 0 Å². The maximum absolute atomic E-state index is 14.8. The number of benzene rings is 3. The zero-order valence-corrected chi connectivity index (χ0v) is 23.7. The van der Waals surface area contributed by atoms with Crippen LogP contribution in [0.4, 0.5) is 10.1 Å². The van der Waals surface area contributed by atoms with Gasteiger partial charge in [0.2, 0.25) is 11.8 Å². The molecule has 0 saturated carbocycles. The molecular weight excluding hydrogens is 575 g/mol. The zero-order valence-electron chi connectivity index (χ0n) is 21.3. The van der Waals surface area contributed by atoms with Crippen LogP contribution in [0.25, 0.3) is 0 Å². The van der Waals surface area contributed by atoms with Gasteiger partial charge in [-0.2, -0.15) is 12.7 Å². The number of amides is 2. The van der Waals surface area contributed by atoms with Crippen molar-refractivity contribution in [2.24, 2.45) is 0 Å². The summed E-state index contributed by atoms with van der Waals surface area (Å²) in [7, 11) is -0.183. The molecule has 0 fully saturated rings. The molecule has 3 aromatic carbocycles. The van der Waals surface area contributed by atoms with Crippen molar-refractivity contribution in [3.05, 3.63) is 100 Å². The molecule has 0 radical (unpaired) electrons. The van der Waals surface area contributed by atoms with E-state index in [-0.39, 0.29) is 18.7 Å². The highest BCUT2D eigenvalue weighted by molar-refractivity contribution is 9.10. The first-order valence-electron chi connectivity index (χ1n) is 11.8. The highest BCUT2D eigenvalue weighted by atomic mass is 79.9. The summed E-state index contributed by atoms with van der Waals surface area (Å²) < 4.78 is 43.6. The molecule has 202 valence electrons. The van der Waals surface area contributed by atoms with Crippen molar-refractivity contribution >= 4 is 43.6 Å². The molecule has 2 amide bonds. The number of nitrogens with zero attached hydrogens (tertiary/aromatic N) is 3. The van der Waals surface area contributed by atoms with Crippen LogP contribution in [-0.4, -0.2) is 63.2 Å². The van der Waals surface area contributed by atoms with Crippen LogP contribution >= 0.6 is 15.9 Å². The lowest BCUT2D eigenvalue weighted by Gasteiger charge is -2.34. The Hall–Kier alpha value is -3.28. The van der Waals surface area contributed by atoms with Gasteiger partial charge in [0.1, 0.15) is 18.4 Å². The minimum atomic E-state index is -4.26. The molecule has 0 bridgehead atoms. The van der Waals surface area contributed by atoms with Crippen LogP contribution in [0.2, 0.25) is 0 Å². The van der Waals surface area contributed by atoms with E-state index < -0.39 is 40.4 Å². The van der Waals surface area contributed by atoms with E-state index in [4.69, 9.17) is 0 Å². The highest BCUT2D eigenvalue weighted by Gasteiger charge is 2.35. The molecule has 38 heavy (non-hydrogen) atoms. The molecule has 0 aliphatic heterocycles. The number of likely N-dealkylation sites (N-methyl/N-ethyl adjacent to an activating group) is 1. The molecule has 0 spiro atoms. The van der Waals surface area contributed by atoms with Crippen LogP contribution in [0.1, 0.15) is 11.1 Å². The smallest absolute Gasteiger partial charge is 0.304 e. The number of para-hydroxylation sites is 1.